The third-order valence-electron chi connectivity index (χ3n) is 13.7. The highest BCUT2D eigenvalue weighted by molar-refractivity contribution is 5.76. The van der Waals surface area contributed by atoms with Gasteiger partial charge in [-0.3, -0.25) is 9.59 Å². The van der Waals surface area contributed by atoms with E-state index in [1.54, 1.807) is 6.08 Å². The number of carbonyl (C=O) groups is 2. The molecule has 6 heteroatoms. The van der Waals surface area contributed by atoms with Crippen LogP contribution >= 0.6 is 0 Å². The van der Waals surface area contributed by atoms with Crippen molar-refractivity contribution >= 4 is 11.9 Å². The minimum atomic E-state index is -0.848. The lowest BCUT2D eigenvalue weighted by molar-refractivity contribution is -0.143. The van der Waals surface area contributed by atoms with Gasteiger partial charge in [-0.15, -0.1) is 0 Å². The number of ether oxygens (including phenoxy) is 1. The smallest absolute Gasteiger partial charge is 0.305 e. The third-order valence-corrected chi connectivity index (χ3v) is 13.7. The molecule has 0 saturated carbocycles. The number of esters is 1. The number of hydrogen-bond acceptors (Lipinski definition) is 5. The lowest BCUT2D eigenvalue weighted by Gasteiger charge is -2.20. The molecule has 0 aliphatic rings. The maximum atomic E-state index is 12.5. The molecule has 0 spiro atoms. The highest BCUT2D eigenvalue weighted by atomic mass is 16.5. The number of aliphatic hydroxyl groups excluding tert-OH is 2. The average molecular weight is 931 g/mol. The number of allylic oxidation sites excluding steroid dienone is 3. The van der Waals surface area contributed by atoms with Crippen LogP contribution < -0.4 is 5.32 Å². The predicted octanol–water partition coefficient (Wildman–Crippen LogP) is 18.2. The van der Waals surface area contributed by atoms with Gasteiger partial charge >= 0.3 is 5.97 Å². The largest absolute Gasteiger partial charge is 0.466 e. The Morgan fingerprint density at radius 2 is 0.727 bits per heavy atom. The van der Waals surface area contributed by atoms with Gasteiger partial charge in [-0.1, -0.05) is 282 Å². The van der Waals surface area contributed by atoms with Gasteiger partial charge in [-0.25, -0.2) is 0 Å². The summed E-state index contributed by atoms with van der Waals surface area (Å²) in [6.07, 6.45) is 67.7. The van der Waals surface area contributed by atoms with Gasteiger partial charge < -0.3 is 20.3 Å². The van der Waals surface area contributed by atoms with Crippen molar-refractivity contribution in [2.24, 2.45) is 0 Å². The normalized spacial score (nSPS) is 12.7. The minimum absolute atomic E-state index is 0.00432. The molecule has 0 aliphatic heterocycles. The number of hydrogen-bond donors (Lipinski definition) is 3. The molecule has 0 bridgehead atoms. The molecule has 0 fully saturated rings. The summed E-state index contributed by atoms with van der Waals surface area (Å²) in [6, 6.07) is -0.631. The minimum Gasteiger partial charge on any atom is -0.466 e. The monoisotopic (exact) mass is 930 g/mol. The van der Waals surface area contributed by atoms with E-state index in [1.807, 2.05) is 6.08 Å². The molecule has 0 aromatic carbocycles. The second kappa shape index (κ2) is 55.9. The summed E-state index contributed by atoms with van der Waals surface area (Å²) in [5, 5.41) is 23.2. The van der Waals surface area contributed by atoms with Gasteiger partial charge in [0.2, 0.25) is 5.91 Å². The molecular formula is C60H115NO5. The fourth-order valence-electron chi connectivity index (χ4n) is 9.15. The standard InChI is InChI=1S/C60H115NO5/c1-3-5-7-9-11-13-15-16-17-18-19-20-23-26-29-33-36-40-44-48-52-58(63)57(56-62)61-59(64)53-49-45-41-37-34-30-27-24-21-22-25-28-31-35-39-43-47-51-55-66-60(65)54-50-46-42-38-32-14-12-10-8-6-4-2/h10,12,48,52,57-58,62-63H,3-9,11,13-47,49-51,53-56H2,1-2H3,(H,61,64)/b12-10-,52-48+. The zero-order valence-corrected chi connectivity index (χ0v) is 44.4. The van der Waals surface area contributed by atoms with Crippen molar-refractivity contribution in [1.29, 1.82) is 0 Å². The van der Waals surface area contributed by atoms with Crippen LogP contribution in [0.3, 0.4) is 0 Å². The highest BCUT2D eigenvalue weighted by Crippen LogP contribution is 2.17. The summed E-state index contributed by atoms with van der Waals surface area (Å²) >= 11 is 0. The van der Waals surface area contributed by atoms with Gasteiger partial charge in [0, 0.05) is 12.8 Å². The maximum Gasteiger partial charge on any atom is 0.305 e. The molecular weight excluding hydrogens is 815 g/mol. The summed E-state index contributed by atoms with van der Waals surface area (Å²) in [5.41, 5.74) is 0. The van der Waals surface area contributed by atoms with E-state index < -0.39 is 12.1 Å². The van der Waals surface area contributed by atoms with Crippen LogP contribution in [0.25, 0.3) is 0 Å². The molecule has 0 aromatic heterocycles. The van der Waals surface area contributed by atoms with Crippen LogP contribution in [0.1, 0.15) is 322 Å². The molecule has 0 saturated heterocycles. The summed E-state index contributed by atoms with van der Waals surface area (Å²) in [5.74, 6) is -0.0739. The first-order valence-corrected chi connectivity index (χ1v) is 29.6. The molecule has 3 N–H and O–H groups in total. The van der Waals surface area contributed by atoms with Gasteiger partial charge in [0.15, 0.2) is 0 Å². The quantitative estimate of drug-likeness (QED) is 0.0321. The van der Waals surface area contributed by atoms with E-state index in [2.05, 4.69) is 31.3 Å². The molecule has 0 heterocycles. The zero-order chi connectivity index (χ0) is 47.9. The third kappa shape index (κ3) is 51.7. The van der Waals surface area contributed by atoms with Crippen molar-refractivity contribution in [1.82, 2.24) is 5.32 Å². The van der Waals surface area contributed by atoms with Crippen molar-refractivity contribution < 1.29 is 24.5 Å². The van der Waals surface area contributed by atoms with E-state index in [0.717, 1.165) is 44.9 Å². The molecule has 1 amide bonds. The number of nitrogens with one attached hydrogen (secondary N) is 1. The van der Waals surface area contributed by atoms with E-state index >= 15 is 0 Å². The Morgan fingerprint density at radius 3 is 1.12 bits per heavy atom. The predicted molar refractivity (Wildman–Crippen MR) is 287 cm³/mol. The van der Waals surface area contributed by atoms with Crippen LogP contribution in [0.15, 0.2) is 24.3 Å². The summed E-state index contributed by atoms with van der Waals surface area (Å²) < 4.78 is 5.45. The van der Waals surface area contributed by atoms with Gasteiger partial charge in [0.05, 0.1) is 25.4 Å². The Bertz CT molecular complexity index is 1030. The number of carbonyl (C=O) groups excluding carboxylic acids is 2. The number of amides is 1. The van der Waals surface area contributed by atoms with Gasteiger partial charge in [-0.05, 0) is 51.4 Å². The van der Waals surface area contributed by atoms with E-state index in [1.165, 1.54) is 250 Å². The topological polar surface area (TPSA) is 95.9 Å². The second-order valence-corrected chi connectivity index (χ2v) is 20.3. The molecule has 66 heavy (non-hydrogen) atoms. The molecule has 0 rings (SSSR count). The summed E-state index contributed by atoms with van der Waals surface area (Å²) in [4.78, 5) is 24.5. The fourth-order valence-corrected chi connectivity index (χ4v) is 9.15. The van der Waals surface area contributed by atoms with E-state index in [9.17, 15) is 19.8 Å². The van der Waals surface area contributed by atoms with Crippen LogP contribution in [0, 0.1) is 0 Å². The highest BCUT2D eigenvalue weighted by Gasteiger charge is 2.18. The summed E-state index contributed by atoms with van der Waals surface area (Å²) in [6.45, 7) is 4.87. The summed E-state index contributed by atoms with van der Waals surface area (Å²) in [7, 11) is 0. The molecule has 0 aromatic rings. The fraction of sp³-hybridized carbons (Fsp3) is 0.900. The zero-order valence-electron chi connectivity index (χ0n) is 44.4. The van der Waals surface area contributed by atoms with E-state index in [4.69, 9.17) is 4.74 Å². The van der Waals surface area contributed by atoms with E-state index in [0.29, 0.717) is 19.4 Å². The average Bonchev–Trinajstić information content (AvgIpc) is 3.32. The Morgan fingerprint density at radius 1 is 0.409 bits per heavy atom. The van der Waals surface area contributed by atoms with Crippen LogP contribution in [-0.4, -0.2) is 47.4 Å². The van der Waals surface area contributed by atoms with Gasteiger partial charge in [-0.2, -0.15) is 0 Å². The van der Waals surface area contributed by atoms with Crippen LogP contribution in [0.5, 0.6) is 0 Å². The SMILES string of the molecule is CCCC/C=C\CCCCCCCC(=O)OCCCCCCCCCCCCCCCCCCCCC(=O)NC(CO)C(O)/C=C/CCCCCCCCCCCCCCCCCCCC. The van der Waals surface area contributed by atoms with E-state index in [-0.39, 0.29) is 18.5 Å². The number of rotatable bonds is 55. The first kappa shape index (κ1) is 64.3. The first-order chi connectivity index (χ1) is 32.5. The maximum absolute atomic E-state index is 12.5. The van der Waals surface area contributed by atoms with Crippen LogP contribution in [0.4, 0.5) is 0 Å². The van der Waals surface area contributed by atoms with Crippen LogP contribution in [-0.2, 0) is 14.3 Å². The Balaban J connectivity index is 3.45. The molecule has 2 atom stereocenters. The Labute approximate surface area is 411 Å². The molecule has 390 valence electrons. The Hall–Kier alpha value is -1.66. The Kier molecular flexibility index (Phi) is 54.5. The van der Waals surface area contributed by atoms with Gasteiger partial charge in [0.25, 0.3) is 0 Å². The lowest BCUT2D eigenvalue weighted by Crippen LogP contribution is -2.45. The molecule has 0 aliphatic carbocycles. The molecule has 0 radical (unpaired) electrons. The molecule has 6 nitrogen and oxygen atoms in total. The number of aliphatic hydroxyl groups is 2. The van der Waals surface area contributed by atoms with Crippen LogP contribution in [0.2, 0.25) is 0 Å². The van der Waals surface area contributed by atoms with Crippen molar-refractivity contribution in [3.05, 3.63) is 24.3 Å². The first-order valence-electron chi connectivity index (χ1n) is 29.6. The van der Waals surface area contributed by atoms with Crippen molar-refractivity contribution in [3.63, 3.8) is 0 Å². The second-order valence-electron chi connectivity index (χ2n) is 20.3. The molecule has 2 unspecified atom stereocenters. The van der Waals surface area contributed by atoms with Crippen molar-refractivity contribution in [2.75, 3.05) is 13.2 Å². The lowest BCUT2D eigenvalue weighted by atomic mass is 10.0. The number of unbranched alkanes of at least 4 members (excludes halogenated alkanes) is 42. The van der Waals surface area contributed by atoms with Gasteiger partial charge in [0.1, 0.15) is 0 Å². The van der Waals surface area contributed by atoms with Crippen molar-refractivity contribution in [2.45, 2.75) is 334 Å². The van der Waals surface area contributed by atoms with Crippen molar-refractivity contribution in [3.8, 4) is 0 Å².